The molecule has 1 N–H and O–H groups in total. The zero-order chi connectivity index (χ0) is 22.9. The number of ether oxygens (including phenoxy) is 1. The zero-order valence-electron chi connectivity index (χ0n) is 18.5. The number of anilines is 2. The van der Waals surface area contributed by atoms with Gasteiger partial charge in [0.05, 0.1) is 5.52 Å². The number of nitrogens with one attached hydrogen (secondary N) is 1. The van der Waals surface area contributed by atoms with Crippen molar-refractivity contribution in [3.63, 3.8) is 0 Å². The molecule has 0 radical (unpaired) electrons. The number of rotatable bonds is 6. The molecule has 1 fully saturated rings. The number of alkyl halides is 3. The Morgan fingerprint density at radius 1 is 1.15 bits per heavy atom. The summed E-state index contributed by atoms with van der Waals surface area (Å²) in [5, 5.41) is 4.34. The molecule has 34 heavy (non-hydrogen) atoms. The fourth-order valence-electron chi connectivity index (χ4n) is 3.79. The molecule has 186 valence electrons. The van der Waals surface area contributed by atoms with Crippen molar-refractivity contribution < 1.29 is 17.9 Å². The van der Waals surface area contributed by atoms with Gasteiger partial charge in [0.1, 0.15) is 11.6 Å². The first-order valence-corrected chi connectivity index (χ1v) is 11.0. The van der Waals surface area contributed by atoms with Gasteiger partial charge in [-0.05, 0) is 30.7 Å². The molecule has 1 unspecified atom stereocenters. The van der Waals surface area contributed by atoms with Crippen LogP contribution in [0.15, 0.2) is 46.9 Å². The van der Waals surface area contributed by atoms with Crippen LogP contribution < -0.4 is 19.9 Å². The van der Waals surface area contributed by atoms with Gasteiger partial charge in [-0.15, -0.1) is 38.0 Å². The van der Waals surface area contributed by atoms with Gasteiger partial charge < -0.3 is 19.9 Å². The molecule has 0 spiro atoms. The van der Waals surface area contributed by atoms with Gasteiger partial charge in [0, 0.05) is 55.2 Å². The summed E-state index contributed by atoms with van der Waals surface area (Å²) in [6.45, 7) is 1.69. The standard InChI is InChI=1S/C22H23BrF3N5O.2ClH/c1-30(2)20-17-5-3-4-6-18(17)28-21(29-20)31-10-9-16(13-31)27-12-14-7-8-15(23)11-19(14)32-22(24,25)26;;/h3-8,11,16,27H,9-10,12-13H2,1-2H3;2*1H. The molecule has 0 aliphatic carbocycles. The molecule has 2 aromatic carbocycles. The maximum absolute atomic E-state index is 12.8. The minimum Gasteiger partial charge on any atom is -0.405 e. The SMILES string of the molecule is CN(C)c1nc(N2CCC(NCc3ccc(Br)cc3OC(F)(F)F)C2)nc2ccccc12.Cl.Cl. The van der Waals surface area contributed by atoms with Gasteiger partial charge in [-0.3, -0.25) is 0 Å². The van der Waals surface area contributed by atoms with Crippen molar-refractivity contribution in [2.75, 3.05) is 37.0 Å². The topological polar surface area (TPSA) is 53.5 Å². The van der Waals surface area contributed by atoms with E-state index in [2.05, 4.69) is 30.9 Å². The summed E-state index contributed by atoms with van der Waals surface area (Å²) in [6.07, 6.45) is -3.91. The molecule has 3 aromatic rings. The monoisotopic (exact) mass is 581 g/mol. The molecule has 0 bridgehead atoms. The Morgan fingerprint density at radius 2 is 1.88 bits per heavy atom. The second-order valence-corrected chi connectivity index (χ2v) is 8.79. The summed E-state index contributed by atoms with van der Waals surface area (Å²) >= 11 is 3.20. The van der Waals surface area contributed by atoms with Crippen LogP contribution in [0.4, 0.5) is 24.9 Å². The largest absolute Gasteiger partial charge is 0.573 e. The molecule has 0 saturated carbocycles. The van der Waals surface area contributed by atoms with E-state index in [0.29, 0.717) is 22.5 Å². The van der Waals surface area contributed by atoms with Gasteiger partial charge in [-0.2, -0.15) is 4.98 Å². The first-order chi connectivity index (χ1) is 15.2. The number of nitrogens with zero attached hydrogens (tertiary/aromatic N) is 4. The Labute approximate surface area is 216 Å². The Hall–Kier alpha value is -2.01. The Kier molecular flexibility index (Phi) is 9.64. The van der Waals surface area contributed by atoms with Gasteiger partial charge in [-0.25, -0.2) is 4.98 Å². The predicted molar refractivity (Wildman–Crippen MR) is 137 cm³/mol. The van der Waals surface area contributed by atoms with Crippen molar-refractivity contribution in [3.8, 4) is 5.75 Å². The first-order valence-electron chi connectivity index (χ1n) is 10.2. The van der Waals surface area contributed by atoms with E-state index in [4.69, 9.17) is 9.97 Å². The summed E-state index contributed by atoms with van der Waals surface area (Å²) < 4.78 is 43.0. The minimum atomic E-state index is -4.74. The van der Waals surface area contributed by atoms with E-state index in [-0.39, 0.29) is 43.2 Å². The molecule has 1 atom stereocenters. The number of para-hydroxylation sites is 1. The third-order valence-electron chi connectivity index (χ3n) is 5.30. The van der Waals surface area contributed by atoms with Crippen molar-refractivity contribution >= 4 is 63.4 Å². The van der Waals surface area contributed by atoms with E-state index in [0.717, 1.165) is 29.7 Å². The first kappa shape index (κ1) is 28.2. The lowest BCUT2D eigenvalue weighted by Gasteiger charge is -2.21. The Morgan fingerprint density at radius 3 is 2.59 bits per heavy atom. The molecule has 4 rings (SSSR count). The highest BCUT2D eigenvalue weighted by Crippen LogP contribution is 2.30. The fraction of sp³-hybridized carbons (Fsp3) is 0.364. The fourth-order valence-corrected chi connectivity index (χ4v) is 4.13. The van der Waals surface area contributed by atoms with E-state index in [1.807, 2.05) is 43.3 Å². The van der Waals surface area contributed by atoms with Crippen molar-refractivity contribution in [3.05, 3.63) is 52.5 Å². The predicted octanol–water partition coefficient (Wildman–Crippen LogP) is 5.57. The zero-order valence-corrected chi connectivity index (χ0v) is 21.7. The van der Waals surface area contributed by atoms with Gasteiger partial charge in [-0.1, -0.05) is 34.1 Å². The molecular weight excluding hydrogens is 558 g/mol. The second-order valence-electron chi connectivity index (χ2n) is 7.87. The van der Waals surface area contributed by atoms with E-state index in [1.165, 1.54) is 6.07 Å². The van der Waals surface area contributed by atoms with Crippen LogP contribution in [0.2, 0.25) is 0 Å². The van der Waals surface area contributed by atoms with Crippen molar-refractivity contribution in [1.29, 1.82) is 0 Å². The second kappa shape index (κ2) is 11.6. The lowest BCUT2D eigenvalue weighted by Crippen LogP contribution is -2.33. The van der Waals surface area contributed by atoms with E-state index in [9.17, 15) is 13.2 Å². The quantitative estimate of drug-likeness (QED) is 0.410. The van der Waals surface area contributed by atoms with Crippen LogP contribution in [0.5, 0.6) is 5.75 Å². The van der Waals surface area contributed by atoms with Gasteiger partial charge in [0.2, 0.25) is 5.95 Å². The third-order valence-corrected chi connectivity index (χ3v) is 5.80. The Balaban J connectivity index is 0.00000204. The summed E-state index contributed by atoms with van der Waals surface area (Å²) in [7, 11) is 3.90. The summed E-state index contributed by atoms with van der Waals surface area (Å²) in [6, 6.07) is 12.6. The highest BCUT2D eigenvalue weighted by Gasteiger charge is 2.32. The van der Waals surface area contributed by atoms with Crippen LogP contribution in [0.3, 0.4) is 0 Å². The Bertz CT molecular complexity index is 1120. The number of halogens is 6. The van der Waals surface area contributed by atoms with Crippen LogP contribution >= 0.6 is 40.7 Å². The summed E-state index contributed by atoms with van der Waals surface area (Å²) in [4.78, 5) is 13.6. The van der Waals surface area contributed by atoms with Gasteiger partial charge >= 0.3 is 6.36 Å². The molecule has 0 amide bonds. The number of fused-ring (bicyclic) bond motifs is 1. The van der Waals surface area contributed by atoms with Crippen molar-refractivity contribution in [2.24, 2.45) is 0 Å². The van der Waals surface area contributed by atoms with Crippen LogP contribution in [0.1, 0.15) is 12.0 Å². The minimum absolute atomic E-state index is 0. The van der Waals surface area contributed by atoms with Gasteiger partial charge in [0.25, 0.3) is 0 Å². The summed E-state index contributed by atoms with van der Waals surface area (Å²) in [5.41, 5.74) is 1.32. The molecule has 1 aromatic heterocycles. The van der Waals surface area contributed by atoms with E-state index >= 15 is 0 Å². The molecular formula is C22H25BrCl2F3N5O. The smallest absolute Gasteiger partial charge is 0.405 e. The van der Waals surface area contributed by atoms with Crippen molar-refractivity contribution in [1.82, 2.24) is 15.3 Å². The van der Waals surface area contributed by atoms with E-state index in [1.54, 1.807) is 12.1 Å². The van der Waals surface area contributed by atoms with Crippen LogP contribution in [0.25, 0.3) is 10.9 Å². The molecule has 1 aliphatic rings. The number of benzene rings is 2. The molecule has 2 heterocycles. The lowest BCUT2D eigenvalue weighted by molar-refractivity contribution is -0.274. The molecule has 6 nitrogen and oxygen atoms in total. The molecule has 1 aliphatic heterocycles. The summed E-state index contributed by atoms with van der Waals surface area (Å²) in [5.74, 6) is 1.30. The number of hydrogen-bond acceptors (Lipinski definition) is 6. The van der Waals surface area contributed by atoms with E-state index < -0.39 is 6.36 Å². The number of hydrogen-bond donors (Lipinski definition) is 1. The maximum atomic E-state index is 12.8. The third kappa shape index (κ3) is 6.78. The van der Waals surface area contributed by atoms with Crippen molar-refractivity contribution in [2.45, 2.75) is 25.4 Å². The highest BCUT2D eigenvalue weighted by atomic mass is 79.9. The van der Waals surface area contributed by atoms with Crippen LogP contribution in [0, 0.1) is 0 Å². The highest BCUT2D eigenvalue weighted by molar-refractivity contribution is 9.10. The van der Waals surface area contributed by atoms with Gasteiger partial charge in [0.15, 0.2) is 0 Å². The average molecular weight is 583 g/mol. The average Bonchev–Trinajstić information content (AvgIpc) is 3.20. The normalized spacial score (nSPS) is 15.6. The van der Waals surface area contributed by atoms with Crippen LogP contribution in [-0.2, 0) is 6.54 Å². The lowest BCUT2D eigenvalue weighted by atomic mass is 10.2. The number of aromatic nitrogens is 2. The van der Waals surface area contributed by atoms with Crippen LogP contribution in [-0.4, -0.2) is 49.6 Å². The maximum Gasteiger partial charge on any atom is 0.573 e. The molecule has 12 heteroatoms. The molecule has 1 saturated heterocycles.